The number of aliphatic carboxylic acids is 1. The van der Waals surface area contributed by atoms with Gasteiger partial charge in [-0.15, -0.1) is 0 Å². The monoisotopic (exact) mass is 484 g/mol. The molecule has 0 radical (unpaired) electrons. The summed E-state index contributed by atoms with van der Waals surface area (Å²) in [4.78, 5) is 26.3. The second-order valence-corrected chi connectivity index (χ2v) is 8.61. The second kappa shape index (κ2) is 11.0. The van der Waals surface area contributed by atoms with Crippen LogP contribution >= 0.6 is 0 Å². The quantitative estimate of drug-likeness (QED) is 0.672. The van der Waals surface area contributed by atoms with Crippen LogP contribution in [-0.4, -0.2) is 68.9 Å². The Hall–Kier alpha value is -2.95. The Morgan fingerprint density at radius 3 is 2.44 bits per heavy atom. The molecule has 1 fully saturated rings. The van der Waals surface area contributed by atoms with E-state index in [9.17, 15) is 22.4 Å². The van der Waals surface area contributed by atoms with Crippen LogP contribution in [0.3, 0.4) is 0 Å². The van der Waals surface area contributed by atoms with E-state index in [2.05, 4.69) is 14.7 Å². The number of aryl methyl sites for hydroxylation is 1. The molecule has 1 aromatic heterocycles. The number of amides is 1. The van der Waals surface area contributed by atoms with Gasteiger partial charge in [-0.2, -0.15) is 18.3 Å². The van der Waals surface area contributed by atoms with Gasteiger partial charge in [-0.05, 0) is 62.2 Å². The molecule has 1 saturated heterocycles. The molecule has 0 bridgehead atoms. The van der Waals surface area contributed by atoms with Gasteiger partial charge in [-0.1, -0.05) is 12.5 Å². The van der Waals surface area contributed by atoms with Gasteiger partial charge in [0.1, 0.15) is 5.82 Å². The van der Waals surface area contributed by atoms with E-state index >= 15 is 0 Å². The smallest absolute Gasteiger partial charge is 0.475 e. The molecule has 34 heavy (non-hydrogen) atoms. The van der Waals surface area contributed by atoms with Gasteiger partial charge in [0.05, 0.1) is 24.7 Å². The van der Waals surface area contributed by atoms with Gasteiger partial charge in [-0.3, -0.25) is 9.48 Å². The van der Waals surface area contributed by atoms with Crippen LogP contribution in [0.15, 0.2) is 30.5 Å². The number of fused-ring (bicyclic) bond motifs is 1. The zero-order chi connectivity index (χ0) is 24.9. The van der Waals surface area contributed by atoms with Crippen molar-refractivity contribution in [1.29, 1.82) is 0 Å². The largest absolute Gasteiger partial charge is 0.490 e. The van der Waals surface area contributed by atoms with Crippen molar-refractivity contribution in [3.63, 3.8) is 0 Å². The third kappa shape index (κ3) is 6.78. The number of piperidine rings is 1. The van der Waals surface area contributed by atoms with E-state index in [-0.39, 0.29) is 17.8 Å². The third-order valence-electron chi connectivity index (χ3n) is 6.04. The molecule has 2 aliphatic rings. The molecule has 1 N–H and O–H groups in total. The average molecular weight is 484 g/mol. The first kappa shape index (κ1) is 25.7. The summed E-state index contributed by atoms with van der Waals surface area (Å²) in [5, 5.41) is 11.6. The summed E-state index contributed by atoms with van der Waals surface area (Å²) in [7, 11) is 0. The van der Waals surface area contributed by atoms with E-state index in [0.717, 1.165) is 36.5 Å². The maximum Gasteiger partial charge on any atom is 0.490 e. The van der Waals surface area contributed by atoms with Crippen molar-refractivity contribution >= 4 is 11.9 Å². The molecule has 2 aliphatic heterocycles. The highest BCUT2D eigenvalue weighted by atomic mass is 19.4. The standard InChI is InChI=1S/C21H27FN4O.C2HF3O2/c1-16-11-18(22)6-5-17(16)12-21(27)25-14-19-7-8-23-26(19)20(15-25)13-24-9-3-2-4-10-24;3-2(4,5)1(6)7/h5-8,11,20H,2-4,9-10,12-15H2,1H3;(H,6,7). The number of nitrogens with zero attached hydrogens (tertiary/aromatic N) is 4. The molecular weight excluding hydrogens is 456 g/mol. The van der Waals surface area contributed by atoms with Crippen molar-refractivity contribution in [2.24, 2.45) is 0 Å². The molecule has 186 valence electrons. The van der Waals surface area contributed by atoms with Crippen molar-refractivity contribution in [1.82, 2.24) is 19.6 Å². The number of halogens is 4. The van der Waals surface area contributed by atoms with Crippen LogP contribution in [0.5, 0.6) is 0 Å². The number of carboxylic acid groups (broad SMARTS) is 1. The summed E-state index contributed by atoms with van der Waals surface area (Å²) in [5.41, 5.74) is 2.82. The lowest BCUT2D eigenvalue weighted by Gasteiger charge is -2.37. The first-order valence-corrected chi connectivity index (χ1v) is 11.1. The predicted octanol–water partition coefficient (Wildman–Crippen LogP) is 3.58. The Kier molecular flexibility index (Phi) is 8.29. The molecule has 11 heteroatoms. The van der Waals surface area contributed by atoms with Crippen molar-refractivity contribution in [3.8, 4) is 0 Å². The molecule has 1 atom stereocenters. The number of carbonyl (C=O) groups excluding carboxylic acids is 1. The molecule has 0 saturated carbocycles. The molecule has 3 heterocycles. The summed E-state index contributed by atoms with van der Waals surface area (Å²) >= 11 is 0. The molecular formula is C23H28F4N4O3. The van der Waals surface area contributed by atoms with Gasteiger partial charge in [0.15, 0.2) is 0 Å². The van der Waals surface area contributed by atoms with Crippen molar-refractivity contribution in [2.45, 2.75) is 51.4 Å². The SMILES string of the molecule is Cc1cc(F)ccc1CC(=O)N1Cc2ccnn2C(CN2CCCCC2)C1.O=C(O)C(F)(F)F. The van der Waals surface area contributed by atoms with Crippen molar-refractivity contribution < 1.29 is 32.3 Å². The number of aromatic nitrogens is 2. The van der Waals surface area contributed by atoms with E-state index < -0.39 is 12.1 Å². The zero-order valence-corrected chi connectivity index (χ0v) is 18.9. The van der Waals surface area contributed by atoms with E-state index in [1.54, 1.807) is 6.07 Å². The minimum Gasteiger partial charge on any atom is -0.475 e. The highest BCUT2D eigenvalue weighted by molar-refractivity contribution is 5.79. The number of alkyl halides is 3. The molecule has 1 unspecified atom stereocenters. The number of carboxylic acids is 1. The first-order valence-electron chi connectivity index (χ1n) is 11.1. The van der Waals surface area contributed by atoms with Gasteiger partial charge in [-0.25, -0.2) is 9.18 Å². The number of benzene rings is 1. The summed E-state index contributed by atoms with van der Waals surface area (Å²) in [6, 6.07) is 6.85. The van der Waals surface area contributed by atoms with Crippen LogP contribution in [0.2, 0.25) is 0 Å². The Balaban J connectivity index is 0.000000406. The van der Waals surface area contributed by atoms with E-state index in [1.165, 1.54) is 31.4 Å². The fraction of sp³-hybridized carbons (Fsp3) is 0.522. The summed E-state index contributed by atoms with van der Waals surface area (Å²) in [5.74, 6) is -2.92. The number of hydrogen-bond donors (Lipinski definition) is 1. The summed E-state index contributed by atoms with van der Waals surface area (Å²) < 4.78 is 47.2. The average Bonchev–Trinajstić information content (AvgIpc) is 3.25. The van der Waals surface area contributed by atoms with Crippen molar-refractivity contribution in [3.05, 3.63) is 53.1 Å². The van der Waals surface area contributed by atoms with Gasteiger partial charge in [0.25, 0.3) is 0 Å². The van der Waals surface area contributed by atoms with E-state index in [1.807, 2.05) is 24.1 Å². The van der Waals surface area contributed by atoms with Gasteiger partial charge >= 0.3 is 12.1 Å². The zero-order valence-electron chi connectivity index (χ0n) is 18.9. The number of likely N-dealkylation sites (tertiary alicyclic amines) is 1. The van der Waals surface area contributed by atoms with E-state index in [0.29, 0.717) is 19.5 Å². The van der Waals surface area contributed by atoms with Crippen LogP contribution in [0.4, 0.5) is 17.6 Å². The van der Waals surface area contributed by atoms with Crippen molar-refractivity contribution in [2.75, 3.05) is 26.2 Å². The maximum absolute atomic E-state index is 13.3. The Morgan fingerprint density at radius 1 is 1.15 bits per heavy atom. The second-order valence-electron chi connectivity index (χ2n) is 8.61. The number of carbonyl (C=O) groups is 2. The lowest BCUT2D eigenvalue weighted by atomic mass is 10.0. The van der Waals surface area contributed by atoms with Crippen LogP contribution in [0.1, 0.15) is 42.1 Å². The van der Waals surface area contributed by atoms with Gasteiger partial charge in [0.2, 0.25) is 5.91 Å². The van der Waals surface area contributed by atoms with Gasteiger partial charge < -0.3 is 14.9 Å². The Morgan fingerprint density at radius 2 is 1.82 bits per heavy atom. The molecule has 0 spiro atoms. The van der Waals surface area contributed by atoms with Crippen LogP contribution < -0.4 is 0 Å². The molecule has 1 aromatic carbocycles. The lowest BCUT2D eigenvalue weighted by molar-refractivity contribution is -0.192. The molecule has 4 rings (SSSR count). The highest BCUT2D eigenvalue weighted by Gasteiger charge is 2.38. The van der Waals surface area contributed by atoms with Gasteiger partial charge in [0, 0.05) is 19.3 Å². The van der Waals surface area contributed by atoms with Crippen LogP contribution in [-0.2, 0) is 22.6 Å². The number of hydrogen-bond acceptors (Lipinski definition) is 4. The fourth-order valence-electron chi connectivity index (χ4n) is 4.28. The Bertz CT molecular complexity index is 1000. The third-order valence-corrected chi connectivity index (χ3v) is 6.04. The fourth-order valence-corrected chi connectivity index (χ4v) is 4.28. The van der Waals surface area contributed by atoms with E-state index in [4.69, 9.17) is 9.90 Å². The minimum absolute atomic E-state index is 0.0980. The lowest BCUT2D eigenvalue weighted by Crippen LogP contribution is -2.46. The minimum atomic E-state index is -5.08. The molecule has 2 aromatic rings. The predicted molar refractivity (Wildman–Crippen MR) is 116 cm³/mol. The molecule has 0 aliphatic carbocycles. The molecule has 7 nitrogen and oxygen atoms in total. The maximum atomic E-state index is 13.3. The summed E-state index contributed by atoms with van der Waals surface area (Å²) in [6.45, 7) is 6.34. The highest BCUT2D eigenvalue weighted by Crippen LogP contribution is 2.24. The Labute approximate surface area is 194 Å². The first-order chi connectivity index (χ1) is 16.0. The van der Waals surface area contributed by atoms with Crippen LogP contribution in [0.25, 0.3) is 0 Å². The topological polar surface area (TPSA) is 78.7 Å². The van der Waals surface area contributed by atoms with Crippen LogP contribution in [0, 0.1) is 12.7 Å². The number of rotatable bonds is 4. The molecule has 1 amide bonds. The normalized spacial score (nSPS) is 18.6. The summed E-state index contributed by atoms with van der Waals surface area (Å²) in [6.07, 6.45) is 0.888.